The van der Waals surface area contributed by atoms with Crippen molar-refractivity contribution in [3.63, 3.8) is 0 Å². The van der Waals surface area contributed by atoms with Crippen molar-refractivity contribution in [3.05, 3.63) is 24.3 Å². The number of carbonyl (C=O) groups is 1. The number of hydrogen-bond donors (Lipinski definition) is 0. The Kier molecular flexibility index (Phi) is 6.00. The average molecular weight is 292 g/mol. The summed E-state index contributed by atoms with van der Waals surface area (Å²) in [5, 5.41) is 0. The fraction of sp³-hybridized carbons (Fsp3) is 0.706. The molecule has 1 amide bonds. The molecule has 0 bridgehead atoms. The Morgan fingerprint density at radius 1 is 1.24 bits per heavy atom. The van der Waals surface area contributed by atoms with Crippen molar-refractivity contribution in [1.29, 1.82) is 0 Å². The maximum Gasteiger partial charge on any atom is 0.246 e. The lowest BCUT2D eigenvalue weighted by molar-refractivity contribution is -0.127. The van der Waals surface area contributed by atoms with Crippen LogP contribution in [0.15, 0.2) is 24.3 Å². The Morgan fingerprint density at radius 2 is 1.95 bits per heavy atom. The van der Waals surface area contributed by atoms with Gasteiger partial charge >= 0.3 is 0 Å². The van der Waals surface area contributed by atoms with E-state index in [1.165, 1.54) is 0 Å². The highest BCUT2D eigenvalue weighted by Gasteiger charge is 2.31. The summed E-state index contributed by atoms with van der Waals surface area (Å²) in [6.07, 6.45) is 10.1. The Labute approximate surface area is 128 Å². The van der Waals surface area contributed by atoms with E-state index in [9.17, 15) is 4.79 Å². The van der Waals surface area contributed by atoms with Crippen LogP contribution >= 0.6 is 0 Å². The molecule has 2 rings (SSSR count). The third kappa shape index (κ3) is 4.68. The largest absolute Gasteiger partial charge is 0.373 e. The van der Waals surface area contributed by atoms with Crippen LogP contribution in [0.4, 0.5) is 0 Å². The highest BCUT2D eigenvalue weighted by molar-refractivity contribution is 5.88. The van der Waals surface area contributed by atoms with Crippen molar-refractivity contribution in [2.45, 2.75) is 51.9 Å². The summed E-state index contributed by atoms with van der Waals surface area (Å²) in [5.41, 5.74) is 0. The van der Waals surface area contributed by atoms with Crippen LogP contribution in [-0.2, 0) is 9.53 Å². The molecule has 0 aromatic rings. The topological polar surface area (TPSA) is 32.8 Å². The van der Waals surface area contributed by atoms with Gasteiger partial charge in [-0.3, -0.25) is 9.69 Å². The first kappa shape index (κ1) is 16.2. The predicted octanol–water partition coefficient (Wildman–Crippen LogP) is 2.22. The van der Waals surface area contributed by atoms with Gasteiger partial charge in [0.25, 0.3) is 0 Å². The lowest BCUT2D eigenvalue weighted by atomic mass is 10.1. The molecule has 0 aromatic heterocycles. The molecule has 0 aromatic carbocycles. The van der Waals surface area contributed by atoms with Gasteiger partial charge in [0, 0.05) is 38.3 Å². The maximum absolute atomic E-state index is 12.3. The molecule has 21 heavy (non-hydrogen) atoms. The van der Waals surface area contributed by atoms with Crippen LogP contribution in [0, 0.1) is 0 Å². The SMILES string of the molecule is C/C=C/C=C/C(=O)N1CCCC1CN1CC(C)OC(C)C1. The van der Waals surface area contributed by atoms with Gasteiger partial charge < -0.3 is 9.64 Å². The second-order valence-corrected chi connectivity index (χ2v) is 6.19. The van der Waals surface area contributed by atoms with Crippen LogP contribution in [0.2, 0.25) is 0 Å². The molecular formula is C17H28N2O2. The molecule has 2 fully saturated rings. The molecule has 0 radical (unpaired) electrons. The highest BCUT2D eigenvalue weighted by atomic mass is 16.5. The molecule has 2 aliphatic heterocycles. The third-order valence-electron chi connectivity index (χ3n) is 4.17. The minimum Gasteiger partial charge on any atom is -0.373 e. The maximum atomic E-state index is 12.3. The van der Waals surface area contributed by atoms with Gasteiger partial charge in [0.2, 0.25) is 5.91 Å². The summed E-state index contributed by atoms with van der Waals surface area (Å²) in [7, 11) is 0. The molecule has 4 heteroatoms. The molecule has 0 spiro atoms. The minimum absolute atomic E-state index is 0.143. The molecule has 0 aliphatic carbocycles. The van der Waals surface area contributed by atoms with Crippen molar-refractivity contribution in [1.82, 2.24) is 9.80 Å². The number of morpholine rings is 1. The van der Waals surface area contributed by atoms with Gasteiger partial charge in [0.1, 0.15) is 0 Å². The number of hydrogen-bond acceptors (Lipinski definition) is 3. The van der Waals surface area contributed by atoms with E-state index in [1.54, 1.807) is 6.08 Å². The van der Waals surface area contributed by atoms with Gasteiger partial charge in [-0.1, -0.05) is 18.2 Å². The average Bonchev–Trinajstić information content (AvgIpc) is 2.86. The zero-order valence-corrected chi connectivity index (χ0v) is 13.5. The van der Waals surface area contributed by atoms with E-state index in [-0.39, 0.29) is 18.1 Å². The van der Waals surface area contributed by atoms with Gasteiger partial charge in [0.05, 0.1) is 12.2 Å². The van der Waals surface area contributed by atoms with Crippen molar-refractivity contribution < 1.29 is 9.53 Å². The summed E-state index contributed by atoms with van der Waals surface area (Å²) in [6.45, 7) is 10.0. The number of allylic oxidation sites excluding steroid dienone is 3. The van der Waals surface area contributed by atoms with E-state index in [4.69, 9.17) is 4.74 Å². The number of rotatable bonds is 4. The third-order valence-corrected chi connectivity index (χ3v) is 4.17. The predicted molar refractivity (Wildman–Crippen MR) is 85.1 cm³/mol. The Balaban J connectivity index is 1.91. The van der Waals surface area contributed by atoms with Crippen LogP contribution in [0.5, 0.6) is 0 Å². The quantitative estimate of drug-likeness (QED) is 0.588. The van der Waals surface area contributed by atoms with Crippen molar-refractivity contribution in [2.24, 2.45) is 0 Å². The molecule has 2 aliphatic rings. The minimum atomic E-state index is 0.143. The Morgan fingerprint density at radius 3 is 2.62 bits per heavy atom. The zero-order chi connectivity index (χ0) is 15.2. The summed E-state index contributed by atoms with van der Waals surface area (Å²) < 4.78 is 5.78. The van der Waals surface area contributed by atoms with Gasteiger partial charge in [-0.15, -0.1) is 0 Å². The summed E-state index contributed by atoms with van der Waals surface area (Å²) in [6, 6.07) is 0.352. The molecule has 3 unspecified atom stereocenters. The lowest BCUT2D eigenvalue weighted by Crippen LogP contribution is -2.50. The Bertz CT molecular complexity index is 396. The van der Waals surface area contributed by atoms with E-state index in [1.807, 2.05) is 30.1 Å². The second-order valence-electron chi connectivity index (χ2n) is 6.19. The van der Waals surface area contributed by atoms with Crippen molar-refractivity contribution >= 4 is 5.91 Å². The molecule has 4 nitrogen and oxygen atoms in total. The van der Waals surface area contributed by atoms with Crippen molar-refractivity contribution in [3.8, 4) is 0 Å². The zero-order valence-electron chi connectivity index (χ0n) is 13.5. The van der Waals surface area contributed by atoms with Crippen LogP contribution in [0.3, 0.4) is 0 Å². The van der Waals surface area contributed by atoms with Crippen LogP contribution in [-0.4, -0.2) is 60.1 Å². The summed E-state index contributed by atoms with van der Waals surface area (Å²) in [4.78, 5) is 16.7. The van der Waals surface area contributed by atoms with Gasteiger partial charge in [-0.05, 0) is 33.6 Å². The Hall–Kier alpha value is -1.13. The molecular weight excluding hydrogens is 264 g/mol. The number of nitrogens with zero attached hydrogens (tertiary/aromatic N) is 2. The smallest absolute Gasteiger partial charge is 0.246 e. The fourth-order valence-electron chi connectivity index (χ4n) is 3.39. The molecule has 0 N–H and O–H groups in total. The number of likely N-dealkylation sites (tertiary alicyclic amines) is 1. The fourth-order valence-corrected chi connectivity index (χ4v) is 3.39. The van der Waals surface area contributed by atoms with E-state index in [0.29, 0.717) is 6.04 Å². The van der Waals surface area contributed by atoms with Crippen LogP contribution in [0.25, 0.3) is 0 Å². The molecule has 2 saturated heterocycles. The second kappa shape index (κ2) is 7.76. The molecule has 118 valence electrons. The number of ether oxygens (including phenoxy) is 1. The first-order valence-electron chi connectivity index (χ1n) is 8.08. The van der Waals surface area contributed by atoms with Gasteiger partial charge in [0.15, 0.2) is 0 Å². The normalized spacial score (nSPS) is 31.6. The summed E-state index contributed by atoms with van der Waals surface area (Å²) >= 11 is 0. The summed E-state index contributed by atoms with van der Waals surface area (Å²) in [5.74, 6) is 0.143. The van der Waals surface area contributed by atoms with E-state index >= 15 is 0 Å². The molecule has 0 saturated carbocycles. The van der Waals surface area contributed by atoms with E-state index < -0.39 is 0 Å². The first-order chi connectivity index (χ1) is 10.1. The molecule has 3 atom stereocenters. The lowest BCUT2D eigenvalue weighted by Gasteiger charge is -2.38. The number of amides is 1. The standard InChI is InChI=1S/C17H28N2O2/c1-4-5-6-9-17(20)19-10-7-8-16(19)13-18-11-14(2)21-15(3)12-18/h4-6,9,14-16H,7-8,10-13H2,1-3H3/b5-4+,9-6+. The number of carbonyl (C=O) groups excluding carboxylic acids is 1. The van der Waals surface area contributed by atoms with Gasteiger partial charge in [-0.25, -0.2) is 0 Å². The van der Waals surface area contributed by atoms with Crippen molar-refractivity contribution in [2.75, 3.05) is 26.2 Å². The molecule has 2 heterocycles. The highest BCUT2D eigenvalue weighted by Crippen LogP contribution is 2.21. The van der Waals surface area contributed by atoms with Gasteiger partial charge in [-0.2, -0.15) is 0 Å². The van der Waals surface area contributed by atoms with Crippen LogP contribution in [0.1, 0.15) is 33.6 Å². The van der Waals surface area contributed by atoms with E-state index in [2.05, 4.69) is 18.7 Å². The van der Waals surface area contributed by atoms with E-state index in [0.717, 1.165) is 39.0 Å². The monoisotopic (exact) mass is 292 g/mol. The van der Waals surface area contributed by atoms with Crippen LogP contribution < -0.4 is 0 Å². The first-order valence-corrected chi connectivity index (χ1v) is 8.08.